The van der Waals surface area contributed by atoms with Gasteiger partial charge < -0.3 is 10.3 Å². The molecule has 1 aromatic carbocycles. The zero-order chi connectivity index (χ0) is 13.2. The molecule has 3 rings (SSSR count). The number of rotatable bonds is 2. The van der Waals surface area contributed by atoms with Crippen molar-refractivity contribution in [1.82, 2.24) is 20.1 Å². The fourth-order valence-corrected chi connectivity index (χ4v) is 1.91. The Bertz CT molecular complexity index is 713. The van der Waals surface area contributed by atoms with Crippen LogP contribution in [0.4, 0.5) is 5.69 Å². The van der Waals surface area contributed by atoms with Gasteiger partial charge in [0.2, 0.25) is 5.82 Å². The van der Waals surface area contributed by atoms with Crippen molar-refractivity contribution in [3.8, 4) is 23.0 Å². The summed E-state index contributed by atoms with van der Waals surface area (Å²) in [6.45, 7) is 0. The molecule has 3 aromatic rings. The number of nitrogens with zero attached hydrogens (tertiary/aromatic N) is 4. The van der Waals surface area contributed by atoms with Gasteiger partial charge >= 0.3 is 0 Å². The lowest BCUT2D eigenvalue weighted by atomic mass is 10.2. The fourth-order valence-electron chi connectivity index (χ4n) is 1.53. The van der Waals surface area contributed by atoms with E-state index in [4.69, 9.17) is 10.3 Å². The van der Waals surface area contributed by atoms with Crippen molar-refractivity contribution in [3.63, 3.8) is 0 Å². The lowest BCUT2D eigenvalue weighted by molar-refractivity contribution is 0.432. The van der Waals surface area contributed by atoms with E-state index in [1.807, 2.05) is 12.1 Å². The molecular formula is C12H8BrN5O. The van der Waals surface area contributed by atoms with Crippen molar-refractivity contribution in [2.24, 2.45) is 0 Å². The highest BCUT2D eigenvalue weighted by Gasteiger charge is 2.12. The molecule has 0 aliphatic heterocycles. The summed E-state index contributed by atoms with van der Waals surface area (Å²) >= 11 is 3.36. The van der Waals surface area contributed by atoms with Gasteiger partial charge in [-0.2, -0.15) is 4.98 Å². The average molecular weight is 318 g/mol. The first-order valence-corrected chi connectivity index (χ1v) is 6.19. The highest BCUT2D eigenvalue weighted by Crippen LogP contribution is 2.27. The fraction of sp³-hybridized carbons (Fsp3) is 0. The summed E-state index contributed by atoms with van der Waals surface area (Å²) in [5.74, 6) is 0.833. The van der Waals surface area contributed by atoms with Gasteiger partial charge in [0.25, 0.3) is 5.89 Å². The van der Waals surface area contributed by atoms with Crippen molar-refractivity contribution in [2.75, 3.05) is 5.73 Å². The number of hydrogen-bond donors (Lipinski definition) is 1. The van der Waals surface area contributed by atoms with Crippen LogP contribution in [0.5, 0.6) is 0 Å². The Morgan fingerprint density at radius 3 is 2.84 bits per heavy atom. The summed E-state index contributed by atoms with van der Waals surface area (Å²) in [5.41, 5.74) is 7.78. The maximum absolute atomic E-state index is 5.73. The zero-order valence-corrected chi connectivity index (χ0v) is 11.2. The van der Waals surface area contributed by atoms with Crippen LogP contribution >= 0.6 is 15.9 Å². The molecule has 0 spiro atoms. The molecule has 0 bridgehead atoms. The minimum atomic E-state index is 0.411. The van der Waals surface area contributed by atoms with Crippen molar-refractivity contribution in [2.45, 2.75) is 0 Å². The van der Waals surface area contributed by atoms with Gasteiger partial charge in [0.15, 0.2) is 0 Å². The maximum atomic E-state index is 5.73. The summed E-state index contributed by atoms with van der Waals surface area (Å²) in [4.78, 5) is 12.2. The van der Waals surface area contributed by atoms with E-state index < -0.39 is 0 Å². The molecule has 0 amide bonds. The number of benzene rings is 1. The molecule has 0 aliphatic rings. The third-order valence-corrected chi connectivity index (χ3v) is 3.17. The Kier molecular flexibility index (Phi) is 2.96. The Morgan fingerprint density at radius 2 is 2.11 bits per heavy atom. The van der Waals surface area contributed by atoms with Gasteiger partial charge in [0, 0.05) is 21.9 Å². The Labute approximate surface area is 116 Å². The molecule has 2 heterocycles. The van der Waals surface area contributed by atoms with Crippen LogP contribution in [0.2, 0.25) is 0 Å². The standard InChI is InChI=1S/C12H8BrN5O/c13-8-5-7(1-2-9(8)14)12-17-11(18-19-12)10-3-4-15-6-16-10/h1-6H,14H2. The van der Waals surface area contributed by atoms with E-state index in [0.29, 0.717) is 23.1 Å². The molecule has 0 unspecified atom stereocenters. The molecule has 0 atom stereocenters. The predicted octanol–water partition coefficient (Wildman–Crippen LogP) is 2.54. The Hall–Kier alpha value is -2.28. The SMILES string of the molecule is Nc1ccc(-c2nc(-c3ccncn3)no2)cc1Br. The molecule has 0 saturated carbocycles. The van der Waals surface area contributed by atoms with Gasteiger partial charge in [-0.05, 0) is 40.2 Å². The number of hydrogen-bond acceptors (Lipinski definition) is 6. The Balaban J connectivity index is 1.99. The van der Waals surface area contributed by atoms with Crippen molar-refractivity contribution in [1.29, 1.82) is 0 Å². The van der Waals surface area contributed by atoms with Crippen LogP contribution in [0.3, 0.4) is 0 Å². The third kappa shape index (κ3) is 2.32. The number of anilines is 1. The van der Waals surface area contributed by atoms with E-state index in [2.05, 4.69) is 36.0 Å². The van der Waals surface area contributed by atoms with Gasteiger partial charge in [-0.25, -0.2) is 9.97 Å². The average Bonchev–Trinajstić information content (AvgIpc) is 2.93. The number of halogens is 1. The number of nitrogens with two attached hydrogens (primary N) is 1. The molecule has 0 radical (unpaired) electrons. The molecule has 0 saturated heterocycles. The second-order valence-electron chi connectivity index (χ2n) is 3.75. The minimum Gasteiger partial charge on any atom is -0.398 e. The van der Waals surface area contributed by atoms with Gasteiger partial charge in [0.05, 0.1) is 0 Å². The Morgan fingerprint density at radius 1 is 1.21 bits per heavy atom. The first kappa shape index (κ1) is 11.8. The lowest BCUT2D eigenvalue weighted by Gasteiger charge is -1.98. The van der Waals surface area contributed by atoms with Crippen molar-refractivity contribution >= 4 is 21.6 Å². The normalized spacial score (nSPS) is 10.6. The molecular weight excluding hydrogens is 310 g/mol. The van der Waals surface area contributed by atoms with Gasteiger partial charge in [-0.15, -0.1) is 0 Å². The van der Waals surface area contributed by atoms with Crippen molar-refractivity contribution < 1.29 is 4.52 Å². The molecule has 6 nitrogen and oxygen atoms in total. The quantitative estimate of drug-likeness (QED) is 0.730. The first-order chi connectivity index (χ1) is 9.24. The first-order valence-electron chi connectivity index (χ1n) is 5.39. The summed E-state index contributed by atoms with van der Waals surface area (Å²) in [6, 6.07) is 7.13. The van der Waals surface area contributed by atoms with Gasteiger partial charge in [0.1, 0.15) is 12.0 Å². The maximum Gasteiger partial charge on any atom is 0.258 e. The summed E-state index contributed by atoms with van der Waals surface area (Å²) in [7, 11) is 0. The number of aromatic nitrogens is 4. The number of nitrogen functional groups attached to an aromatic ring is 1. The topological polar surface area (TPSA) is 90.7 Å². The lowest BCUT2D eigenvalue weighted by Crippen LogP contribution is -1.88. The van der Waals surface area contributed by atoms with Crippen LogP contribution in [-0.4, -0.2) is 20.1 Å². The minimum absolute atomic E-state index is 0.411. The third-order valence-electron chi connectivity index (χ3n) is 2.48. The van der Waals surface area contributed by atoms with E-state index in [-0.39, 0.29) is 0 Å². The van der Waals surface area contributed by atoms with Crippen LogP contribution in [0, 0.1) is 0 Å². The van der Waals surface area contributed by atoms with E-state index in [0.717, 1.165) is 10.0 Å². The molecule has 2 N–H and O–H groups in total. The molecule has 94 valence electrons. The zero-order valence-electron chi connectivity index (χ0n) is 9.62. The summed E-state index contributed by atoms with van der Waals surface area (Å²) in [5, 5.41) is 3.89. The van der Waals surface area contributed by atoms with Crippen LogP contribution < -0.4 is 5.73 Å². The van der Waals surface area contributed by atoms with Crippen LogP contribution in [0.15, 0.2) is 45.8 Å². The van der Waals surface area contributed by atoms with Crippen LogP contribution in [0.1, 0.15) is 0 Å². The van der Waals surface area contributed by atoms with Gasteiger partial charge in [-0.1, -0.05) is 5.16 Å². The van der Waals surface area contributed by atoms with E-state index in [9.17, 15) is 0 Å². The second-order valence-corrected chi connectivity index (χ2v) is 4.61. The second kappa shape index (κ2) is 4.77. The molecule has 0 fully saturated rings. The van der Waals surface area contributed by atoms with E-state index in [1.165, 1.54) is 6.33 Å². The smallest absolute Gasteiger partial charge is 0.258 e. The highest BCUT2D eigenvalue weighted by molar-refractivity contribution is 9.10. The largest absolute Gasteiger partial charge is 0.398 e. The van der Waals surface area contributed by atoms with Crippen LogP contribution in [0.25, 0.3) is 23.0 Å². The van der Waals surface area contributed by atoms with Crippen molar-refractivity contribution in [3.05, 3.63) is 41.3 Å². The molecule has 0 aliphatic carbocycles. The van der Waals surface area contributed by atoms with Gasteiger partial charge in [-0.3, -0.25) is 0 Å². The van der Waals surface area contributed by atoms with E-state index in [1.54, 1.807) is 18.3 Å². The predicted molar refractivity (Wildman–Crippen MR) is 72.9 cm³/mol. The summed E-state index contributed by atoms with van der Waals surface area (Å²) < 4.78 is 6.00. The highest BCUT2D eigenvalue weighted by atomic mass is 79.9. The molecule has 19 heavy (non-hydrogen) atoms. The molecule has 2 aromatic heterocycles. The molecule has 7 heteroatoms. The van der Waals surface area contributed by atoms with Crippen LogP contribution in [-0.2, 0) is 0 Å². The summed E-state index contributed by atoms with van der Waals surface area (Å²) in [6.07, 6.45) is 3.06. The monoisotopic (exact) mass is 317 g/mol. The van der Waals surface area contributed by atoms with E-state index >= 15 is 0 Å².